The average Bonchev–Trinajstić information content (AvgIpc) is 3.07. The molecule has 2 aromatic rings. The van der Waals surface area contributed by atoms with E-state index in [2.05, 4.69) is 6.58 Å². The SMILES string of the molecule is C=C(C)[C@@H]1CCC(Cc2c(O)cc(CCC)c(C(=O)OC3CCCCC3)c2O)C=C1c1c(O)cc(CCC)c(C(=O)OC2CCCCC2)c1O. The molecule has 2 saturated carbocycles. The van der Waals surface area contributed by atoms with Crippen LogP contribution in [-0.2, 0) is 28.7 Å². The molecule has 0 saturated heterocycles. The summed E-state index contributed by atoms with van der Waals surface area (Å²) in [5.41, 5.74) is 3.24. The van der Waals surface area contributed by atoms with Gasteiger partial charge in [0.2, 0.25) is 0 Å². The summed E-state index contributed by atoms with van der Waals surface area (Å²) in [4.78, 5) is 27.2. The fraction of sp³-hybridized carbons (Fsp3) is 0.571. The summed E-state index contributed by atoms with van der Waals surface area (Å²) in [5, 5.41) is 46.1. The minimum Gasteiger partial charge on any atom is -0.508 e. The Balaban J connectivity index is 1.53. The molecule has 5 rings (SSSR count). The van der Waals surface area contributed by atoms with Crippen molar-refractivity contribution >= 4 is 17.5 Å². The third-order valence-electron chi connectivity index (χ3n) is 10.9. The molecule has 0 aromatic heterocycles. The van der Waals surface area contributed by atoms with E-state index in [1.54, 1.807) is 12.1 Å². The Morgan fingerprint density at radius 2 is 1.22 bits per heavy atom. The summed E-state index contributed by atoms with van der Waals surface area (Å²) in [6.07, 6.45) is 15.0. The zero-order valence-corrected chi connectivity index (χ0v) is 30.2. The monoisotopic (exact) mass is 688 g/mol. The number of benzene rings is 2. The average molecular weight is 689 g/mol. The molecule has 3 aliphatic rings. The fourth-order valence-corrected chi connectivity index (χ4v) is 8.30. The highest BCUT2D eigenvalue weighted by atomic mass is 16.5. The number of hydrogen-bond donors (Lipinski definition) is 4. The lowest BCUT2D eigenvalue weighted by Gasteiger charge is -2.31. The zero-order chi connectivity index (χ0) is 35.9. The minimum atomic E-state index is -0.575. The molecule has 2 atom stereocenters. The number of allylic oxidation sites excluding steroid dienone is 3. The fourth-order valence-electron chi connectivity index (χ4n) is 8.30. The van der Waals surface area contributed by atoms with E-state index in [0.29, 0.717) is 48.8 Å². The molecule has 1 unspecified atom stereocenters. The number of carbonyl (C=O) groups is 2. The van der Waals surface area contributed by atoms with E-state index in [-0.39, 0.29) is 75.7 Å². The molecule has 0 spiro atoms. The van der Waals surface area contributed by atoms with Crippen LogP contribution in [0.5, 0.6) is 23.0 Å². The standard InChI is InChI=1S/C42H56O8/c1-5-13-27-23-34(43)33(39(45)36(27)41(47)49-29-15-9-7-10-16-29)22-26-19-20-31(25(3)4)32(21-26)38-35(44)24-28(14-6-2)37(40(38)46)42(48)50-30-17-11-8-12-18-30/h21,23-24,26,29-31,43-46H,3,5-20,22H2,1-2,4H3/t26?,31-/m0/s1. The molecular formula is C42H56O8. The Kier molecular flexibility index (Phi) is 12.6. The topological polar surface area (TPSA) is 134 Å². The second kappa shape index (κ2) is 16.8. The Bertz CT molecular complexity index is 1590. The number of carbonyl (C=O) groups excluding carboxylic acids is 2. The molecule has 4 N–H and O–H groups in total. The summed E-state index contributed by atoms with van der Waals surface area (Å²) in [6.45, 7) is 10.1. The number of rotatable bonds is 12. The first-order chi connectivity index (χ1) is 24.0. The van der Waals surface area contributed by atoms with E-state index in [9.17, 15) is 30.0 Å². The van der Waals surface area contributed by atoms with Crippen molar-refractivity contribution in [1.29, 1.82) is 0 Å². The van der Waals surface area contributed by atoms with Crippen molar-refractivity contribution in [1.82, 2.24) is 0 Å². The van der Waals surface area contributed by atoms with Crippen LogP contribution in [0.15, 0.2) is 30.4 Å². The number of phenols is 4. The Labute approximate surface area is 297 Å². The van der Waals surface area contributed by atoms with Crippen LogP contribution in [0.2, 0.25) is 0 Å². The first-order valence-corrected chi connectivity index (χ1v) is 19.0. The van der Waals surface area contributed by atoms with Crippen molar-refractivity contribution < 1.29 is 39.5 Å². The highest BCUT2D eigenvalue weighted by molar-refractivity contribution is 5.98. The lowest BCUT2D eigenvalue weighted by atomic mass is 9.74. The number of hydrogen-bond acceptors (Lipinski definition) is 8. The molecule has 0 heterocycles. The second-order valence-electron chi connectivity index (χ2n) is 14.8. The number of ether oxygens (including phenoxy) is 2. The maximum Gasteiger partial charge on any atom is 0.342 e. The van der Waals surface area contributed by atoms with Crippen molar-refractivity contribution in [2.75, 3.05) is 0 Å². The van der Waals surface area contributed by atoms with Crippen LogP contribution in [0.25, 0.3) is 5.57 Å². The van der Waals surface area contributed by atoms with Crippen molar-refractivity contribution in [3.8, 4) is 23.0 Å². The van der Waals surface area contributed by atoms with Crippen molar-refractivity contribution in [3.63, 3.8) is 0 Å². The van der Waals surface area contributed by atoms with E-state index in [4.69, 9.17) is 9.47 Å². The number of esters is 2. The third kappa shape index (κ3) is 8.33. The summed E-state index contributed by atoms with van der Waals surface area (Å²) < 4.78 is 11.8. The molecule has 0 bridgehead atoms. The highest BCUT2D eigenvalue weighted by Crippen LogP contribution is 2.49. The van der Waals surface area contributed by atoms with Crippen molar-refractivity contribution in [2.24, 2.45) is 11.8 Å². The van der Waals surface area contributed by atoms with E-state index in [0.717, 1.165) is 76.2 Å². The summed E-state index contributed by atoms with van der Waals surface area (Å²) in [6, 6.07) is 3.15. The minimum absolute atomic E-state index is 0.0838. The van der Waals surface area contributed by atoms with Gasteiger partial charge in [0.05, 0.1) is 5.56 Å². The molecule has 8 heteroatoms. The largest absolute Gasteiger partial charge is 0.508 e. The second-order valence-corrected chi connectivity index (χ2v) is 14.8. The quantitative estimate of drug-likeness (QED) is 0.128. The molecule has 50 heavy (non-hydrogen) atoms. The first-order valence-electron chi connectivity index (χ1n) is 19.0. The van der Waals surface area contributed by atoms with Crippen LogP contribution in [0, 0.1) is 11.8 Å². The zero-order valence-electron chi connectivity index (χ0n) is 30.2. The van der Waals surface area contributed by atoms with E-state index >= 15 is 0 Å². The molecule has 2 fully saturated rings. The van der Waals surface area contributed by atoms with Crippen LogP contribution in [0.4, 0.5) is 0 Å². The van der Waals surface area contributed by atoms with Gasteiger partial charge in [-0.1, -0.05) is 57.8 Å². The van der Waals surface area contributed by atoms with Gasteiger partial charge in [0.25, 0.3) is 0 Å². The highest BCUT2D eigenvalue weighted by Gasteiger charge is 2.34. The van der Waals surface area contributed by atoms with Gasteiger partial charge < -0.3 is 29.9 Å². The van der Waals surface area contributed by atoms with Crippen LogP contribution in [0.3, 0.4) is 0 Å². The molecule has 0 radical (unpaired) electrons. The predicted molar refractivity (Wildman–Crippen MR) is 195 cm³/mol. The maximum atomic E-state index is 13.7. The van der Waals surface area contributed by atoms with E-state index in [1.165, 1.54) is 0 Å². The molecule has 3 aliphatic carbocycles. The van der Waals surface area contributed by atoms with Crippen LogP contribution < -0.4 is 0 Å². The first kappa shape index (κ1) is 37.3. The van der Waals surface area contributed by atoms with Gasteiger partial charge in [0.15, 0.2) is 0 Å². The molecular weight excluding hydrogens is 632 g/mol. The van der Waals surface area contributed by atoms with Gasteiger partial charge in [-0.3, -0.25) is 0 Å². The van der Waals surface area contributed by atoms with E-state index < -0.39 is 11.9 Å². The van der Waals surface area contributed by atoms with Gasteiger partial charge in [0, 0.05) is 11.5 Å². The molecule has 272 valence electrons. The number of phenolic OH excluding ortho intramolecular Hbond substituents is 4. The van der Waals surface area contributed by atoms with Crippen molar-refractivity contribution in [2.45, 2.75) is 142 Å². The van der Waals surface area contributed by atoms with Gasteiger partial charge in [-0.25, -0.2) is 9.59 Å². The van der Waals surface area contributed by atoms with Gasteiger partial charge in [-0.05, 0) is 125 Å². The summed E-state index contributed by atoms with van der Waals surface area (Å²) in [7, 11) is 0. The van der Waals surface area contributed by atoms with Crippen LogP contribution in [-0.4, -0.2) is 44.6 Å². The number of aromatic hydroxyl groups is 4. The smallest absolute Gasteiger partial charge is 0.342 e. The van der Waals surface area contributed by atoms with E-state index in [1.807, 2.05) is 26.8 Å². The normalized spacial score (nSPS) is 20.3. The maximum absolute atomic E-state index is 13.7. The van der Waals surface area contributed by atoms with Crippen LogP contribution in [0.1, 0.15) is 154 Å². The van der Waals surface area contributed by atoms with Gasteiger partial charge in [-0.15, -0.1) is 0 Å². The Hall–Kier alpha value is -3.94. The van der Waals surface area contributed by atoms with Gasteiger partial charge in [0.1, 0.15) is 46.3 Å². The van der Waals surface area contributed by atoms with Crippen molar-refractivity contribution in [3.05, 3.63) is 63.7 Å². The van der Waals surface area contributed by atoms with Gasteiger partial charge in [-0.2, -0.15) is 0 Å². The molecule has 8 nitrogen and oxygen atoms in total. The summed E-state index contributed by atoms with van der Waals surface area (Å²) in [5.74, 6) is -2.34. The molecule has 2 aromatic carbocycles. The summed E-state index contributed by atoms with van der Waals surface area (Å²) >= 11 is 0. The third-order valence-corrected chi connectivity index (χ3v) is 10.9. The van der Waals surface area contributed by atoms with Crippen LogP contribution >= 0.6 is 0 Å². The lowest BCUT2D eigenvalue weighted by Crippen LogP contribution is -2.22. The molecule has 0 aliphatic heterocycles. The Morgan fingerprint density at radius 3 is 1.72 bits per heavy atom. The Morgan fingerprint density at radius 1 is 0.720 bits per heavy atom. The van der Waals surface area contributed by atoms with Gasteiger partial charge >= 0.3 is 11.9 Å². The molecule has 0 amide bonds. The number of aryl methyl sites for hydroxylation is 2. The predicted octanol–water partition coefficient (Wildman–Crippen LogP) is 9.62. The lowest BCUT2D eigenvalue weighted by molar-refractivity contribution is 0.0197.